The van der Waals surface area contributed by atoms with Crippen LogP contribution in [0.4, 0.5) is 4.79 Å². The molecule has 2 rings (SSSR count). The normalized spacial score (nSPS) is 30.4. The minimum atomic E-state index is -0.775. The van der Waals surface area contributed by atoms with E-state index >= 15 is 0 Å². The van der Waals surface area contributed by atoms with Crippen molar-refractivity contribution < 1.29 is 9.59 Å². The first-order chi connectivity index (χ1) is 8.54. The molecule has 2 aliphatic heterocycles. The van der Waals surface area contributed by atoms with Gasteiger partial charge in [-0.3, -0.25) is 10.1 Å². The third kappa shape index (κ3) is 3.43. The molecule has 0 saturated carbocycles. The van der Waals surface area contributed by atoms with Crippen molar-refractivity contribution in [2.45, 2.75) is 50.2 Å². The van der Waals surface area contributed by atoms with E-state index in [1.807, 2.05) is 7.05 Å². The Hall–Kier alpha value is -1.14. The van der Waals surface area contributed by atoms with Gasteiger partial charge >= 0.3 is 6.03 Å². The highest BCUT2D eigenvalue weighted by Gasteiger charge is 2.34. The molecule has 2 aliphatic rings. The van der Waals surface area contributed by atoms with Gasteiger partial charge in [0.15, 0.2) is 0 Å². The molecule has 2 heterocycles. The Morgan fingerprint density at radius 3 is 2.50 bits per heavy atom. The van der Waals surface area contributed by atoms with E-state index in [9.17, 15) is 9.59 Å². The number of nitrogens with one attached hydrogen (secondary N) is 2. The van der Waals surface area contributed by atoms with Crippen LogP contribution in [0, 0.1) is 0 Å². The number of nitrogens with zero attached hydrogens (tertiary/aromatic N) is 1. The van der Waals surface area contributed by atoms with E-state index < -0.39 is 6.03 Å². The molecule has 6 heteroatoms. The number of hydrogen-bond acceptors (Lipinski definition) is 4. The SMILES string of the molecule is CN(CCC(=O)NC(N)=O)C1CC2CCC(C1)N2. The molecular weight excluding hydrogens is 232 g/mol. The van der Waals surface area contributed by atoms with E-state index in [0.29, 0.717) is 31.1 Å². The maximum absolute atomic E-state index is 11.3. The maximum Gasteiger partial charge on any atom is 0.318 e. The van der Waals surface area contributed by atoms with Crippen LogP contribution < -0.4 is 16.4 Å². The third-order valence-electron chi connectivity index (χ3n) is 4.03. The summed E-state index contributed by atoms with van der Waals surface area (Å²) in [6, 6.07) is 1.07. The third-order valence-corrected chi connectivity index (χ3v) is 4.03. The van der Waals surface area contributed by atoms with Crippen molar-refractivity contribution in [1.82, 2.24) is 15.5 Å². The highest BCUT2D eigenvalue weighted by atomic mass is 16.2. The van der Waals surface area contributed by atoms with Gasteiger partial charge in [-0.15, -0.1) is 0 Å². The lowest BCUT2D eigenvalue weighted by Crippen LogP contribution is -2.47. The molecule has 0 spiro atoms. The van der Waals surface area contributed by atoms with Gasteiger partial charge in [-0.2, -0.15) is 0 Å². The molecule has 102 valence electrons. The van der Waals surface area contributed by atoms with Gasteiger partial charge in [0.2, 0.25) is 5.91 Å². The molecule has 2 unspecified atom stereocenters. The Balaban J connectivity index is 1.73. The van der Waals surface area contributed by atoms with Gasteiger partial charge in [-0.05, 0) is 32.7 Å². The molecule has 2 fully saturated rings. The fourth-order valence-electron chi connectivity index (χ4n) is 3.05. The van der Waals surface area contributed by atoms with Crippen LogP contribution >= 0.6 is 0 Å². The van der Waals surface area contributed by atoms with Gasteiger partial charge in [0.1, 0.15) is 0 Å². The van der Waals surface area contributed by atoms with Crippen molar-refractivity contribution in [2.75, 3.05) is 13.6 Å². The number of urea groups is 1. The Morgan fingerprint density at radius 2 is 1.94 bits per heavy atom. The van der Waals surface area contributed by atoms with Gasteiger partial charge in [-0.1, -0.05) is 0 Å². The van der Waals surface area contributed by atoms with Crippen molar-refractivity contribution >= 4 is 11.9 Å². The topological polar surface area (TPSA) is 87.5 Å². The van der Waals surface area contributed by atoms with Crippen LogP contribution in [0.2, 0.25) is 0 Å². The predicted molar refractivity (Wildman–Crippen MR) is 67.9 cm³/mol. The first-order valence-corrected chi connectivity index (χ1v) is 6.60. The fraction of sp³-hybridized carbons (Fsp3) is 0.833. The lowest BCUT2D eigenvalue weighted by atomic mass is 9.98. The molecule has 2 saturated heterocycles. The second-order valence-corrected chi connectivity index (χ2v) is 5.41. The lowest BCUT2D eigenvalue weighted by Gasteiger charge is -2.35. The molecule has 2 bridgehead atoms. The van der Waals surface area contributed by atoms with E-state index in [0.717, 1.165) is 12.8 Å². The molecule has 0 aromatic carbocycles. The number of fused-ring (bicyclic) bond motifs is 2. The highest BCUT2D eigenvalue weighted by Crippen LogP contribution is 2.29. The van der Waals surface area contributed by atoms with E-state index in [4.69, 9.17) is 5.73 Å². The molecule has 4 N–H and O–H groups in total. The van der Waals surface area contributed by atoms with E-state index in [-0.39, 0.29) is 5.91 Å². The number of amides is 3. The minimum absolute atomic E-state index is 0.300. The zero-order valence-electron chi connectivity index (χ0n) is 10.8. The van der Waals surface area contributed by atoms with Crippen LogP contribution in [0.1, 0.15) is 32.1 Å². The van der Waals surface area contributed by atoms with Crippen LogP contribution in [0.25, 0.3) is 0 Å². The van der Waals surface area contributed by atoms with E-state index in [2.05, 4.69) is 15.5 Å². The van der Waals surface area contributed by atoms with Crippen LogP contribution in [0.3, 0.4) is 0 Å². The molecule has 3 amide bonds. The quantitative estimate of drug-likeness (QED) is 0.647. The number of carbonyl (C=O) groups is 2. The monoisotopic (exact) mass is 254 g/mol. The zero-order valence-corrected chi connectivity index (χ0v) is 10.8. The molecule has 18 heavy (non-hydrogen) atoms. The van der Waals surface area contributed by atoms with E-state index in [1.165, 1.54) is 12.8 Å². The first kappa shape index (κ1) is 13.3. The molecule has 0 radical (unpaired) electrons. The fourth-order valence-corrected chi connectivity index (χ4v) is 3.05. The predicted octanol–water partition coefficient (Wildman–Crippen LogP) is -0.214. The second-order valence-electron chi connectivity index (χ2n) is 5.41. The summed E-state index contributed by atoms with van der Waals surface area (Å²) in [4.78, 5) is 24.1. The minimum Gasteiger partial charge on any atom is -0.351 e. The lowest BCUT2D eigenvalue weighted by molar-refractivity contribution is -0.120. The van der Waals surface area contributed by atoms with Crippen molar-refractivity contribution in [3.63, 3.8) is 0 Å². The number of piperidine rings is 1. The Labute approximate surface area is 107 Å². The Morgan fingerprint density at radius 1 is 1.33 bits per heavy atom. The van der Waals surface area contributed by atoms with Crippen molar-refractivity contribution in [2.24, 2.45) is 5.73 Å². The largest absolute Gasteiger partial charge is 0.351 e. The summed E-state index contributed by atoms with van der Waals surface area (Å²) >= 11 is 0. The van der Waals surface area contributed by atoms with Crippen LogP contribution in [0.15, 0.2) is 0 Å². The van der Waals surface area contributed by atoms with Crippen molar-refractivity contribution in [3.05, 3.63) is 0 Å². The standard InChI is InChI=1S/C12H22N4O2/c1-16(5-4-11(17)15-12(13)18)10-6-8-2-3-9(7-10)14-8/h8-10,14H,2-7H2,1H3,(H3,13,15,17,18). The Bertz CT molecular complexity index is 322. The van der Waals surface area contributed by atoms with Gasteiger partial charge in [0.05, 0.1) is 0 Å². The molecule has 0 aliphatic carbocycles. The summed E-state index contributed by atoms with van der Waals surface area (Å²) in [6.45, 7) is 0.670. The van der Waals surface area contributed by atoms with Gasteiger partial charge in [0.25, 0.3) is 0 Å². The Kier molecular flexibility index (Phi) is 4.19. The average Bonchev–Trinajstić information content (AvgIpc) is 2.64. The summed E-state index contributed by atoms with van der Waals surface area (Å²) in [5.41, 5.74) is 4.89. The second kappa shape index (κ2) is 5.67. The molecule has 6 nitrogen and oxygen atoms in total. The summed E-state index contributed by atoms with van der Waals surface area (Å²) in [6.07, 6.45) is 5.18. The van der Waals surface area contributed by atoms with Gasteiger partial charge < -0.3 is 16.0 Å². The first-order valence-electron chi connectivity index (χ1n) is 6.60. The number of primary amides is 1. The molecule has 0 aromatic heterocycles. The molecule has 0 aromatic rings. The van der Waals surface area contributed by atoms with Crippen molar-refractivity contribution in [1.29, 1.82) is 0 Å². The average molecular weight is 254 g/mol. The number of hydrogen-bond donors (Lipinski definition) is 3. The summed E-state index contributed by atoms with van der Waals surface area (Å²) < 4.78 is 0. The number of carbonyl (C=O) groups excluding carboxylic acids is 2. The smallest absolute Gasteiger partial charge is 0.318 e. The summed E-state index contributed by atoms with van der Waals surface area (Å²) in [7, 11) is 2.05. The summed E-state index contributed by atoms with van der Waals surface area (Å²) in [5, 5.41) is 5.69. The number of imide groups is 1. The van der Waals surface area contributed by atoms with Gasteiger partial charge in [0, 0.05) is 31.1 Å². The van der Waals surface area contributed by atoms with E-state index in [1.54, 1.807) is 0 Å². The van der Waals surface area contributed by atoms with Crippen LogP contribution in [-0.2, 0) is 4.79 Å². The number of rotatable bonds is 4. The van der Waals surface area contributed by atoms with Gasteiger partial charge in [-0.25, -0.2) is 4.79 Å². The number of nitrogens with two attached hydrogens (primary N) is 1. The molecular formula is C12H22N4O2. The van der Waals surface area contributed by atoms with Crippen LogP contribution in [0.5, 0.6) is 0 Å². The van der Waals surface area contributed by atoms with Crippen molar-refractivity contribution in [3.8, 4) is 0 Å². The summed E-state index contributed by atoms with van der Waals surface area (Å²) in [5.74, 6) is -0.300. The maximum atomic E-state index is 11.3. The zero-order chi connectivity index (χ0) is 13.1. The highest BCUT2D eigenvalue weighted by molar-refractivity contribution is 5.93. The van der Waals surface area contributed by atoms with Crippen LogP contribution in [-0.4, -0.2) is 48.6 Å². The molecule has 2 atom stereocenters.